The molecule has 6 nitrogen and oxygen atoms in total. The first-order chi connectivity index (χ1) is 38.0. The van der Waals surface area contributed by atoms with E-state index >= 15 is 0 Å². The summed E-state index contributed by atoms with van der Waals surface area (Å²) in [7, 11) is 0. The van der Waals surface area contributed by atoms with E-state index in [2.05, 4.69) is 55.6 Å². The summed E-state index contributed by atoms with van der Waals surface area (Å²) >= 11 is 0. The van der Waals surface area contributed by atoms with Crippen LogP contribution in [0.3, 0.4) is 0 Å². The van der Waals surface area contributed by atoms with Crippen molar-refractivity contribution in [2.75, 3.05) is 6.61 Å². The molecule has 77 heavy (non-hydrogen) atoms. The maximum Gasteiger partial charge on any atom is 0.249 e. The molecule has 0 aliphatic heterocycles. The lowest BCUT2D eigenvalue weighted by Crippen LogP contribution is -2.53. The van der Waals surface area contributed by atoms with Crippen LogP contribution in [-0.4, -0.2) is 57.3 Å². The number of rotatable bonds is 65. The number of hydrogen-bond donors (Lipinski definition) is 5. The van der Waals surface area contributed by atoms with Gasteiger partial charge in [-0.25, -0.2) is 0 Å². The number of aliphatic hydroxyl groups is 4. The molecule has 0 bridgehead atoms. The van der Waals surface area contributed by atoms with Crippen LogP contribution in [0.4, 0.5) is 0 Å². The first kappa shape index (κ1) is 75.5. The first-order valence-electron chi connectivity index (χ1n) is 34.9. The Balaban J connectivity index is 3.60. The van der Waals surface area contributed by atoms with Gasteiger partial charge in [-0.1, -0.05) is 352 Å². The maximum atomic E-state index is 12.7. The van der Waals surface area contributed by atoms with Crippen LogP contribution in [0.1, 0.15) is 380 Å². The highest BCUT2D eigenvalue weighted by molar-refractivity contribution is 5.80. The molecule has 0 saturated carbocycles. The van der Waals surface area contributed by atoms with Crippen LogP contribution in [0.5, 0.6) is 0 Å². The number of aliphatic hydroxyl groups excluding tert-OH is 4. The average Bonchev–Trinajstić information content (AvgIpc) is 3.43. The largest absolute Gasteiger partial charge is 0.394 e. The highest BCUT2D eigenvalue weighted by atomic mass is 16.3. The third kappa shape index (κ3) is 59.0. The van der Waals surface area contributed by atoms with E-state index in [1.807, 2.05) is 0 Å². The van der Waals surface area contributed by atoms with Crippen molar-refractivity contribution >= 4 is 5.91 Å². The molecule has 4 atom stereocenters. The zero-order chi connectivity index (χ0) is 55.8. The molecule has 4 unspecified atom stereocenters. The second kappa shape index (κ2) is 65.3. The van der Waals surface area contributed by atoms with Crippen molar-refractivity contribution in [1.29, 1.82) is 0 Å². The smallest absolute Gasteiger partial charge is 0.249 e. The molecule has 0 spiro atoms. The van der Waals surface area contributed by atoms with Crippen LogP contribution in [0, 0.1) is 0 Å². The summed E-state index contributed by atoms with van der Waals surface area (Å²) in [6.45, 7) is 4.09. The van der Waals surface area contributed by atoms with Crippen molar-refractivity contribution < 1.29 is 25.2 Å². The van der Waals surface area contributed by atoms with Crippen molar-refractivity contribution in [3.63, 3.8) is 0 Å². The maximum absolute atomic E-state index is 12.7. The fourth-order valence-corrected chi connectivity index (χ4v) is 11.1. The van der Waals surface area contributed by atoms with Gasteiger partial charge in [-0.2, -0.15) is 0 Å². The van der Waals surface area contributed by atoms with Gasteiger partial charge >= 0.3 is 0 Å². The van der Waals surface area contributed by atoms with E-state index in [9.17, 15) is 25.2 Å². The second-order valence-electron chi connectivity index (χ2n) is 24.2. The predicted octanol–water partition coefficient (Wildman–Crippen LogP) is 21.5. The first-order valence-corrected chi connectivity index (χ1v) is 34.9. The van der Waals surface area contributed by atoms with Crippen LogP contribution in [0.2, 0.25) is 0 Å². The Morgan fingerprint density at radius 1 is 0.312 bits per heavy atom. The Labute approximate surface area is 481 Å². The number of nitrogens with one attached hydrogen (secondary N) is 1. The van der Waals surface area contributed by atoms with Gasteiger partial charge < -0.3 is 25.7 Å². The molecule has 456 valence electrons. The lowest BCUT2D eigenvalue weighted by Gasteiger charge is -2.27. The van der Waals surface area contributed by atoms with Crippen LogP contribution in [-0.2, 0) is 4.79 Å². The molecule has 0 aromatic rings. The molecule has 0 aromatic heterocycles. The average molecular weight is 1080 g/mol. The van der Waals surface area contributed by atoms with E-state index in [0.717, 1.165) is 51.4 Å². The Kier molecular flexibility index (Phi) is 64.1. The lowest BCUT2D eigenvalue weighted by molar-refractivity contribution is -0.132. The summed E-state index contributed by atoms with van der Waals surface area (Å²) in [5, 5.41) is 44.2. The Morgan fingerprint density at radius 2 is 0.545 bits per heavy atom. The van der Waals surface area contributed by atoms with E-state index in [1.165, 1.54) is 295 Å². The minimum absolute atomic E-state index is 0.362. The molecular formula is C71H137NO5. The van der Waals surface area contributed by atoms with Gasteiger partial charge in [-0.3, -0.25) is 4.79 Å². The number of carbonyl (C=O) groups excluding carboxylic acids is 1. The van der Waals surface area contributed by atoms with Gasteiger partial charge in [-0.05, 0) is 64.2 Å². The molecule has 0 radical (unpaired) electrons. The van der Waals surface area contributed by atoms with E-state index < -0.39 is 36.9 Å². The topological polar surface area (TPSA) is 110 Å². The number of carbonyl (C=O) groups is 1. The molecule has 0 saturated heterocycles. The minimum atomic E-state index is -1.29. The van der Waals surface area contributed by atoms with Gasteiger partial charge in [0, 0.05) is 0 Å². The fraction of sp³-hybridized carbons (Fsp3) is 0.901. The van der Waals surface area contributed by atoms with Crippen LogP contribution in [0.15, 0.2) is 36.5 Å². The summed E-state index contributed by atoms with van der Waals surface area (Å²) in [5.74, 6) is -0.592. The quantitative estimate of drug-likeness (QED) is 0.0308. The monoisotopic (exact) mass is 1080 g/mol. The molecular weight excluding hydrogens is 947 g/mol. The van der Waals surface area contributed by atoms with Crippen LogP contribution < -0.4 is 5.32 Å². The fourth-order valence-electron chi connectivity index (χ4n) is 11.1. The molecule has 5 N–H and O–H groups in total. The van der Waals surface area contributed by atoms with E-state index in [4.69, 9.17) is 0 Å². The summed E-state index contributed by atoms with van der Waals surface area (Å²) in [4.78, 5) is 12.7. The SMILES string of the molecule is CCCCCCCCCCCCCCCCCCCCC/C=C/CC/C=C/CC/C=C/CCCC(O)C(O)C(CO)NC(=O)C(O)CCCCCCCCCCCCCCCCCCCCCCCCCCCCCCC. The molecule has 1 amide bonds. The summed E-state index contributed by atoms with van der Waals surface area (Å²) in [6.07, 6.45) is 84.2. The van der Waals surface area contributed by atoms with Gasteiger partial charge in [0.2, 0.25) is 5.91 Å². The number of hydrogen-bond acceptors (Lipinski definition) is 5. The van der Waals surface area contributed by atoms with E-state index in [1.54, 1.807) is 0 Å². The van der Waals surface area contributed by atoms with Gasteiger partial charge in [0.1, 0.15) is 12.2 Å². The number of unbranched alkanes of at least 4 members (excludes halogenated alkanes) is 50. The molecule has 0 fully saturated rings. The molecule has 0 aromatic carbocycles. The van der Waals surface area contributed by atoms with Crippen molar-refractivity contribution in [3.8, 4) is 0 Å². The second-order valence-corrected chi connectivity index (χ2v) is 24.2. The van der Waals surface area contributed by atoms with Gasteiger partial charge in [0.05, 0.1) is 18.8 Å². The zero-order valence-corrected chi connectivity index (χ0v) is 52.0. The summed E-state index contributed by atoms with van der Waals surface area (Å²) < 4.78 is 0. The molecule has 0 aliphatic carbocycles. The third-order valence-electron chi connectivity index (χ3n) is 16.6. The van der Waals surface area contributed by atoms with Crippen molar-refractivity contribution in [2.24, 2.45) is 0 Å². The highest BCUT2D eigenvalue weighted by Gasteiger charge is 2.28. The Morgan fingerprint density at radius 3 is 0.818 bits per heavy atom. The van der Waals surface area contributed by atoms with Crippen molar-refractivity contribution in [3.05, 3.63) is 36.5 Å². The summed E-state index contributed by atoms with van der Waals surface area (Å²) in [5.41, 5.74) is 0. The highest BCUT2D eigenvalue weighted by Crippen LogP contribution is 2.19. The standard InChI is InChI=1S/C71H137NO5/c1-3-5-7-9-11-13-15-17-19-21-23-25-27-29-31-33-34-35-37-38-40-42-44-46-48-50-52-54-56-58-60-62-64-68(74)70(76)67(66-73)72-71(77)69(75)65-63-61-59-57-55-53-51-49-47-45-43-41-39-36-32-30-28-26-24-22-20-18-16-14-12-10-8-6-4-2/h40,42,48,50,56,58,67-70,73-76H,3-39,41,43-47,49,51-55,57,59-66H2,1-2H3,(H,72,77)/b42-40+,50-48+,58-56+. The Bertz CT molecular complexity index is 1220. The molecule has 0 aliphatic rings. The number of amides is 1. The van der Waals surface area contributed by atoms with E-state index in [0.29, 0.717) is 19.3 Å². The predicted molar refractivity (Wildman–Crippen MR) is 339 cm³/mol. The van der Waals surface area contributed by atoms with Crippen LogP contribution in [0.25, 0.3) is 0 Å². The Hall–Kier alpha value is -1.47. The lowest BCUT2D eigenvalue weighted by atomic mass is 10.00. The molecule has 0 rings (SSSR count). The molecule has 6 heteroatoms. The number of allylic oxidation sites excluding steroid dienone is 6. The normalized spacial score (nSPS) is 13.7. The van der Waals surface area contributed by atoms with Gasteiger partial charge in [0.15, 0.2) is 0 Å². The summed E-state index contributed by atoms with van der Waals surface area (Å²) in [6, 6.07) is -1.01. The third-order valence-corrected chi connectivity index (χ3v) is 16.6. The van der Waals surface area contributed by atoms with E-state index in [-0.39, 0.29) is 0 Å². The van der Waals surface area contributed by atoms with Crippen LogP contribution >= 0.6 is 0 Å². The molecule has 0 heterocycles. The minimum Gasteiger partial charge on any atom is -0.394 e. The zero-order valence-electron chi connectivity index (χ0n) is 52.0. The van der Waals surface area contributed by atoms with Gasteiger partial charge in [0.25, 0.3) is 0 Å². The van der Waals surface area contributed by atoms with Crippen molar-refractivity contribution in [2.45, 2.75) is 404 Å². The van der Waals surface area contributed by atoms with Crippen molar-refractivity contribution in [1.82, 2.24) is 5.32 Å². The van der Waals surface area contributed by atoms with Gasteiger partial charge in [-0.15, -0.1) is 0 Å².